The number of anilines is 3. The number of carbonyl (C=O) groups excluding carboxylic acids is 2. The quantitative estimate of drug-likeness (QED) is 0.0915. The second kappa shape index (κ2) is 22.2. The van der Waals surface area contributed by atoms with Crippen molar-refractivity contribution >= 4 is 69.5 Å². The number of amides is 2. The highest BCUT2D eigenvalue weighted by Crippen LogP contribution is 2.67. The van der Waals surface area contributed by atoms with Crippen LogP contribution in [0.5, 0.6) is 0 Å². The predicted molar refractivity (Wildman–Crippen MR) is 307 cm³/mol. The number of likely N-dealkylation sites (N-methyl/N-ethyl adjacent to an activating group) is 2. The van der Waals surface area contributed by atoms with Crippen LogP contribution in [-0.2, 0) is 26.3 Å². The zero-order valence-electron chi connectivity index (χ0n) is 46.5. The molecule has 2 bridgehead atoms. The fourth-order valence-corrected chi connectivity index (χ4v) is 15.3. The van der Waals surface area contributed by atoms with Crippen molar-refractivity contribution in [2.75, 3.05) is 49.9 Å². The Morgan fingerprint density at radius 1 is 0.827 bits per heavy atom. The molecule has 15 nitrogen and oxygen atoms in total. The van der Waals surface area contributed by atoms with E-state index in [4.69, 9.17) is 23.2 Å². The van der Waals surface area contributed by atoms with Crippen LogP contribution in [0.25, 0.3) is 22.3 Å². The number of pyridine rings is 1. The molecular weight excluding hydrogens is 1080 g/mol. The first-order chi connectivity index (χ1) is 38.9. The summed E-state index contributed by atoms with van der Waals surface area (Å²) < 4.78 is 48.0. The maximum absolute atomic E-state index is 16.3. The zero-order chi connectivity index (χ0) is 57.2. The van der Waals surface area contributed by atoms with Gasteiger partial charge in [-0.1, -0.05) is 80.6 Å². The number of likely N-dealkylation sites (tertiary alicyclic amines) is 1. The summed E-state index contributed by atoms with van der Waals surface area (Å²) in [6.07, 6.45) is 10.4. The van der Waals surface area contributed by atoms with Crippen LogP contribution >= 0.6 is 23.2 Å². The van der Waals surface area contributed by atoms with Crippen molar-refractivity contribution < 1.29 is 32.7 Å². The lowest BCUT2D eigenvalue weighted by Gasteiger charge is -2.52. The molecule has 2 spiro atoms. The average molecular weight is 1150 g/mol. The maximum Gasteiger partial charge on any atom is 0.309 e. The number of halogens is 5. The number of carboxylic acid groups (broad SMARTS) is 1. The minimum absolute atomic E-state index is 0.00954. The molecule has 81 heavy (non-hydrogen) atoms. The molecule has 2 saturated heterocycles. The number of carboxylic acids is 1. The molecule has 13 rings (SSSR count). The molecule has 6 fully saturated rings. The molecule has 3 aliphatic heterocycles. The molecule has 2 amide bonds. The van der Waals surface area contributed by atoms with E-state index < -0.39 is 57.3 Å². The molecule has 20 heteroatoms. The Hall–Kier alpha value is -6.18. The second-order valence-corrected chi connectivity index (χ2v) is 24.3. The second-order valence-electron chi connectivity index (χ2n) is 23.5. The molecule has 4 N–H and O–H groups in total. The molecule has 6 aromatic rings. The number of hydrogen-bond acceptors (Lipinski definition) is 11. The molecular formula is C61H70Cl2F3N11O4. The number of benzene rings is 3. The van der Waals surface area contributed by atoms with Crippen molar-refractivity contribution in [3.63, 3.8) is 0 Å². The SMILES string of the molecule is CCN1C(C(=O)NC23CCC(C(=O)O)(CC2)CC3)C(c2cccc(Cl)c2F)C2(C(=O)Nc3cc(Cl)ccc32)C12CCCCC2.CCN1CCN(Cc2ccc(Nc3ncc(F)c(-c4cc(F)c5nc(C)n(C(C)C)c5c4)n3)nc2)CC1. The first kappa shape index (κ1) is 56.7. The van der Waals surface area contributed by atoms with E-state index in [2.05, 4.69) is 57.5 Å². The van der Waals surface area contributed by atoms with E-state index in [1.807, 2.05) is 56.7 Å². The monoisotopic (exact) mass is 1150 g/mol. The van der Waals surface area contributed by atoms with Crippen molar-refractivity contribution in [1.82, 2.24) is 44.5 Å². The molecule has 7 aliphatic rings. The van der Waals surface area contributed by atoms with Gasteiger partial charge in [0.05, 0.1) is 28.2 Å². The van der Waals surface area contributed by atoms with Crippen LogP contribution in [0.15, 0.2) is 73.1 Å². The maximum atomic E-state index is 16.3. The average Bonchev–Trinajstić information content (AvgIpc) is 2.31. The summed E-state index contributed by atoms with van der Waals surface area (Å²) in [5.74, 6) is -2.45. The third-order valence-corrected chi connectivity index (χ3v) is 19.5. The standard InChI is InChI=1S/C34H38Cl2FN3O4.C27H32F2N8/c1-2-40-27(28(41)39-32-16-13-31(14-17-32,15-18-32)30(43)44)25(21-7-6-8-23(36)26(21)37)34(33(40)11-4-3-5-12-33)22-10-9-20(35)19-24(22)38-29(34)42;1-5-35-8-10-36(11-9-35)16-19-6-7-24(30-14-19)33-27-31-15-22(29)25(34-27)20-12-21(28)26-23(13-20)37(17(2)3)18(4)32-26/h6-10,19,25,27H,2-5,11-18H2,1H3,(H,38,42)(H,39,41)(H,43,44);6-7,12-15,17H,5,8-11,16H2,1-4H3,(H,30,31,33,34). The molecule has 6 heterocycles. The number of aliphatic carboxylic acids is 1. The fraction of sp³-hybridized carbons (Fsp3) is 0.492. The van der Waals surface area contributed by atoms with E-state index in [0.29, 0.717) is 91.3 Å². The summed E-state index contributed by atoms with van der Waals surface area (Å²) in [7, 11) is 0. The molecule has 3 atom stereocenters. The van der Waals surface area contributed by atoms with Crippen LogP contribution in [-0.4, -0.2) is 118 Å². The zero-order valence-corrected chi connectivity index (χ0v) is 48.0. The highest BCUT2D eigenvalue weighted by molar-refractivity contribution is 6.31. The van der Waals surface area contributed by atoms with Crippen LogP contribution < -0.4 is 16.0 Å². The Morgan fingerprint density at radius 3 is 2.20 bits per heavy atom. The third-order valence-electron chi connectivity index (χ3n) is 19.0. The van der Waals surface area contributed by atoms with Gasteiger partial charge in [0.25, 0.3) is 0 Å². The van der Waals surface area contributed by atoms with Crippen molar-refractivity contribution in [1.29, 1.82) is 0 Å². The van der Waals surface area contributed by atoms with Gasteiger partial charge in [-0.05, 0) is 138 Å². The molecule has 3 aromatic heterocycles. The number of carbonyl (C=O) groups is 3. The molecule has 3 unspecified atom stereocenters. The Bertz CT molecular complexity index is 3380. The smallest absolute Gasteiger partial charge is 0.309 e. The number of rotatable bonds is 12. The summed E-state index contributed by atoms with van der Waals surface area (Å²) in [6.45, 7) is 16.7. The van der Waals surface area contributed by atoms with Gasteiger partial charge in [0, 0.05) is 78.2 Å². The van der Waals surface area contributed by atoms with E-state index in [-0.39, 0.29) is 45.6 Å². The number of nitrogens with one attached hydrogen (secondary N) is 3. The van der Waals surface area contributed by atoms with Gasteiger partial charge in [-0.3, -0.25) is 24.2 Å². The summed E-state index contributed by atoms with van der Waals surface area (Å²) in [6, 6.07) is 16.3. The topological polar surface area (TPSA) is 174 Å². The van der Waals surface area contributed by atoms with Gasteiger partial charge in [0.2, 0.25) is 17.8 Å². The lowest BCUT2D eigenvalue weighted by molar-refractivity contribution is -0.157. The van der Waals surface area contributed by atoms with Gasteiger partial charge < -0.3 is 30.5 Å². The van der Waals surface area contributed by atoms with Gasteiger partial charge in [-0.2, -0.15) is 0 Å². The van der Waals surface area contributed by atoms with Gasteiger partial charge in [0.1, 0.15) is 34.1 Å². The number of imidazole rings is 1. The number of aromatic nitrogens is 5. The highest BCUT2D eigenvalue weighted by atomic mass is 35.5. The molecule has 4 aliphatic carbocycles. The van der Waals surface area contributed by atoms with E-state index in [1.54, 1.807) is 30.3 Å². The fourth-order valence-electron chi connectivity index (χ4n) is 15.0. The highest BCUT2D eigenvalue weighted by Gasteiger charge is 2.75. The largest absolute Gasteiger partial charge is 0.481 e. The van der Waals surface area contributed by atoms with Crippen molar-refractivity contribution in [2.24, 2.45) is 5.41 Å². The number of fused-ring (bicyclic) bond motifs is 7. The van der Waals surface area contributed by atoms with E-state index in [9.17, 15) is 28.3 Å². The van der Waals surface area contributed by atoms with Crippen molar-refractivity contribution in [3.8, 4) is 11.3 Å². The first-order valence-electron chi connectivity index (χ1n) is 28.6. The summed E-state index contributed by atoms with van der Waals surface area (Å²) in [5.41, 5.74) is 0.648. The van der Waals surface area contributed by atoms with E-state index in [0.717, 1.165) is 75.9 Å². The summed E-state index contributed by atoms with van der Waals surface area (Å²) in [4.78, 5) is 66.1. The van der Waals surface area contributed by atoms with Gasteiger partial charge >= 0.3 is 5.97 Å². The minimum atomic E-state index is -1.27. The molecule has 0 radical (unpaired) electrons. The lowest BCUT2D eigenvalue weighted by atomic mass is 9.55. The van der Waals surface area contributed by atoms with Gasteiger partial charge in [-0.25, -0.2) is 33.1 Å². The first-order valence-corrected chi connectivity index (χ1v) is 29.4. The number of hydrogen-bond donors (Lipinski definition) is 4. The van der Waals surface area contributed by atoms with Crippen LogP contribution in [0.3, 0.4) is 0 Å². The van der Waals surface area contributed by atoms with Crippen LogP contribution in [0.1, 0.15) is 133 Å². The Morgan fingerprint density at radius 2 is 1.54 bits per heavy atom. The molecule has 4 saturated carbocycles. The summed E-state index contributed by atoms with van der Waals surface area (Å²) >= 11 is 12.8. The lowest BCUT2D eigenvalue weighted by Crippen LogP contribution is -2.63. The predicted octanol–water partition coefficient (Wildman–Crippen LogP) is 11.7. The van der Waals surface area contributed by atoms with E-state index in [1.165, 1.54) is 12.1 Å². The Kier molecular flexibility index (Phi) is 15.5. The van der Waals surface area contributed by atoms with E-state index >= 15 is 4.39 Å². The normalized spacial score (nSPS) is 25.3. The number of aryl methyl sites for hydroxylation is 1. The number of piperazine rings is 1. The van der Waals surface area contributed by atoms with Crippen LogP contribution in [0.4, 0.5) is 30.6 Å². The van der Waals surface area contributed by atoms with Crippen LogP contribution in [0, 0.1) is 29.8 Å². The summed E-state index contributed by atoms with van der Waals surface area (Å²) in [5, 5.41) is 19.9. The van der Waals surface area contributed by atoms with Crippen molar-refractivity contribution in [2.45, 2.75) is 146 Å². The Balaban J connectivity index is 0.000000173. The van der Waals surface area contributed by atoms with Crippen LogP contribution in [0.2, 0.25) is 10.0 Å². The molecule has 3 aromatic carbocycles. The van der Waals surface area contributed by atoms with Crippen molar-refractivity contribution in [3.05, 3.63) is 123 Å². The van der Waals surface area contributed by atoms with Gasteiger partial charge in [0.15, 0.2) is 11.6 Å². The molecule has 428 valence electrons. The number of nitrogens with zero attached hydrogens (tertiary/aromatic N) is 8. The van der Waals surface area contributed by atoms with Gasteiger partial charge in [-0.15, -0.1) is 0 Å². The minimum Gasteiger partial charge on any atom is -0.481 e. The Labute approximate surface area is 480 Å². The third kappa shape index (κ3) is 9.83.